The molecule has 3 saturated carbocycles. The number of hydrogen-bond acceptors (Lipinski definition) is 7. The minimum atomic E-state index is -0.208. The van der Waals surface area contributed by atoms with Crippen molar-refractivity contribution in [3.8, 4) is 0 Å². The Labute approximate surface area is 564 Å². The third kappa shape index (κ3) is 14.0. The summed E-state index contributed by atoms with van der Waals surface area (Å²) in [7, 11) is 0. The van der Waals surface area contributed by atoms with Crippen LogP contribution >= 0.6 is 46.9 Å². The van der Waals surface area contributed by atoms with Crippen molar-refractivity contribution in [2.75, 3.05) is 40.2 Å². The Morgan fingerprint density at radius 3 is 1.22 bits per heavy atom. The number of nitrogens with two attached hydrogens (primary N) is 1. The molecule has 4 N–H and O–H groups in total. The van der Waals surface area contributed by atoms with Crippen molar-refractivity contribution in [2.45, 2.75) is 226 Å². The minimum absolute atomic E-state index is 0. The fourth-order valence-electron chi connectivity index (χ4n) is 18.3. The summed E-state index contributed by atoms with van der Waals surface area (Å²) in [5, 5.41) is 9.26. The van der Waals surface area contributed by atoms with Gasteiger partial charge in [0.05, 0.1) is 11.5 Å². The predicted molar refractivity (Wildman–Crippen MR) is 385 cm³/mol. The van der Waals surface area contributed by atoms with Crippen LogP contribution in [-0.2, 0) is 64.4 Å². The Morgan fingerprint density at radius 2 is 0.784 bits per heavy atom. The van der Waals surface area contributed by atoms with Crippen molar-refractivity contribution >= 4 is 101 Å². The van der Waals surface area contributed by atoms with Crippen LogP contribution in [0.2, 0.25) is 0 Å². The monoisotopic (exact) mass is 1360 g/mol. The zero-order chi connectivity index (χ0) is 60.0. The Morgan fingerprint density at radius 1 is 0.443 bits per heavy atom. The van der Waals surface area contributed by atoms with Gasteiger partial charge in [0.2, 0.25) is 11.1 Å². The van der Waals surface area contributed by atoms with E-state index >= 15 is 0 Å². The van der Waals surface area contributed by atoms with Gasteiger partial charge in [0, 0.05) is 61.4 Å². The Kier molecular flexibility index (Phi) is 22.3. The van der Waals surface area contributed by atoms with E-state index in [9.17, 15) is 9.59 Å². The van der Waals surface area contributed by atoms with Gasteiger partial charge in [-0.15, -0.1) is 23.5 Å². The molecule has 0 radical (unpaired) electrons. The Balaban J connectivity index is 0.000000127. The summed E-state index contributed by atoms with van der Waals surface area (Å²) in [6.45, 7) is 7.92. The topological polar surface area (TPSA) is 84.2 Å². The number of rotatable bonds is 12. The van der Waals surface area contributed by atoms with E-state index in [0.717, 1.165) is 36.0 Å². The molecule has 0 bridgehead atoms. The quantitative estimate of drug-likeness (QED) is 0.0640. The van der Waals surface area contributed by atoms with E-state index in [2.05, 4.69) is 152 Å². The van der Waals surface area contributed by atoms with Crippen molar-refractivity contribution in [1.82, 2.24) is 0 Å². The number of fused-ring (bicyclic) bond motifs is 12. The van der Waals surface area contributed by atoms with Gasteiger partial charge in [-0.2, -0.15) is 11.8 Å². The summed E-state index contributed by atoms with van der Waals surface area (Å²) in [4.78, 5) is 23.3. The summed E-state index contributed by atoms with van der Waals surface area (Å²) in [5.41, 5.74) is 33.1. The number of benzene rings is 6. The molecule has 6 aromatic rings. The van der Waals surface area contributed by atoms with E-state index in [4.69, 9.17) is 17.3 Å². The van der Waals surface area contributed by atoms with Crippen molar-refractivity contribution in [2.24, 2.45) is 0 Å². The Hall–Kier alpha value is -3.73. The van der Waals surface area contributed by atoms with Gasteiger partial charge in [-0.3, -0.25) is 9.59 Å². The van der Waals surface area contributed by atoms with Crippen molar-refractivity contribution < 1.29 is 9.59 Å². The third-order valence-electron chi connectivity index (χ3n) is 21.9. The zero-order valence-electron chi connectivity index (χ0n) is 52.5. The number of thioether (sulfide) groups is 3. The van der Waals surface area contributed by atoms with E-state index < -0.39 is 0 Å². The maximum atomic E-state index is 12.8. The molecule has 3 fully saturated rings. The molecule has 6 aromatic carbocycles. The molecule has 3 atom stereocenters. The first-order valence-corrected chi connectivity index (χ1v) is 37.5. The van der Waals surface area contributed by atoms with Crippen LogP contribution in [-0.4, -0.2) is 76.5 Å². The molecule has 15 rings (SSSR count). The molecular weight excluding hydrogens is 1260 g/mol. The first-order chi connectivity index (χ1) is 42.5. The maximum absolute atomic E-state index is 12.8. The number of aryl methyl sites for hydroxylation is 9. The van der Waals surface area contributed by atoms with E-state index in [1.807, 2.05) is 11.8 Å². The molecule has 466 valence electrons. The van der Waals surface area contributed by atoms with Gasteiger partial charge < -0.3 is 16.4 Å². The average molecular weight is 1360 g/mol. The number of hydrogen-bond donors (Lipinski definition) is 3. The summed E-state index contributed by atoms with van der Waals surface area (Å²) in [6.07, 6.45) is 34.8. The number of halogens is 1. The second-order valence-electron chi connectivity index (χ2n) is 27.2. The number of carbonyl (C=O) groups is 2. The normalized spacial score (nSPS) is 22.8. The van der Waals surface area contributed by atoms with Gasteiger partial charge >= 0.3 is 25.8 Å². The average Bonchev–Trinajstić information content (AvgIpc) is 1.61. The summed E-state index contributed by atoms with van der Waals surface area (Å²) >= 11 is 11.0. The van der Waals surface area contributed by atoms with Crippen LogP contribution in [0.25, 0.3) is 0 Å². The second-order valence-corrected chi connectivity index (χ2v) is 31.6. The molecule has 0 aliphatic heterocycles. The van der Waals surface area contributed by atoms with Crippen LogP contribution in [0.5, 0.6) is 0 Å². The molecule has 9 aliphatic carbocycles. The molecule has 0 unspecified atom stereocenters. The van der Waals surface area contributed by atoms with Gasteiger partial charge in [-0.05, 0) is 250 Å². The molecule has 10 heteroatoms. The van der Waals surface area contributed by atoms with Gasteiger partial charge in [-0.25, -0.2) is 0 Å². The number of nitrogen functional groups attached to an aromatic ring is 1. The first kappa shape index (κ1) is 65.8. The number of nitrogens with one attached hydrogen (secondary N) is 2. The van der Waals surface area contributed by atoms with Crippen molar-refractivity contribution in [3.05, 3.63) is 193 Å². The number of carbonyl (C=O) groups excluding carboxylic acids is 2. The third-order valence-corrected chi connectivity index (χ3v) is 26.4. The molecule has 1 amide bonds. The number of anilines is 3. The molecule has 0 saturated heterocycles. The van der Waals surface area contributed by atoms with Crippen LogP contribution in [0.4, 0.5) is 17.1 Å². The molecule has 3 spiro atoms. The molecule has 0 aromatic heterocycles. The van der Waals surface area contributed by atoms with E-state index in [1.165, 1.54) is 228 Å². The van der Waals surface area contributed by atoms with Gasteiger partial charge in [-0.1, -0.05) is 149 Å². The van der Waals surface area contributed by atoms with Crippen LogP contribution in [0.3, 0.4) is 0 Å². The summed E-state index contributed by atoms with van der Waals surface area (Å²) in [6, 6.07) is 40.4. The van der Waals surface area contributed by atoms with Gasteiger partial charge in [0.1, 0.15) is 0 Å². The van der Waals surface area contributed by atoms with E-state index in [-0.39, 0.29) is 53.2 Å². The number of amides is 1. The van der Waals surface area contributed by atoms with E-state index in [0.29, 0.717) is 22.0 Å². The second kappa shape index (κ2) is 29.9. The first-order valence-electron chi connectivity index (χ1n) is 33.9. The van der Waals surface area contributed by atoms with Crippen molar-refractivity contribution in [1.29, 1.82) is 0 Å². The molecular formula is C78H99ClInN3O2S3. The van der Waals surface area contributed by atoms with Crippen LogP contribution < -0.4 is 16.4 Å². The van der Waals surface area contributed by atoms with E-state index in [1.54, 1.807) is 39.6 Å². The molecule has 9 aliphatic rings. The Bertz CT molecular complexity index is 3350. The zero-order valence-corrected chi connectivity index (χ0v) is 55.7. The van der Waals surface area contributed by atoms with Crippen LogP contribution in [0.1, 0.15) is 218 Å². The fraction of sp³-hybridized carbons (Fsp3) is 0.513. The fourth-order valence-corrected chi connectivity index (χ4v) is 21.9. The molecule has 88 heavy (non-hydrogen) atoms. The summed E-state index contributed by atoms with van der Waals surface area (Å²) < 4.78 is 0. The van der Waals surface area contributed by atoms with Gasteiger partial charge in [0.25, 0.3) is 0 Å². The molecule has 5 nitrogen and oxygen atoms in total. The van der Waals surface area contributed by atoms with Crippen molar-refractivity contribution in [3.63, 3.8) is 0 Å². The van der Waals surface area contributed by atoms with Crippen LogP contribution in [0, 0.1) is 20.8 Å². The SMILES string of the molecule is Cc1cccc2c1[C@@]1(CC2)CCc2cccc(N)c21.Cc1cccc2c1[C@@]1(CC2)CCc2cccc(NC(=O)CSC3CCCCC3)c21.Cc1cccc2c1[C@@]1(CC2)CCc2cccc(NCCSC3CCCCC3)c21.O=C(Cl)CSC1CCCCC1.[InH3]. The molecule has 0 heterocycles. The predicted octanol–water partition coefficient (Wildman–Crippen LogP) is 18.2. The summed E-state index contributed by atoms with van der Waals surface area (Å²) in [5.74, 6) is 2.47. The van der Waals surface area contributed by atoms with Gasteiger partial charge in [0.15, 0.2) is 0 Å². The standard InChI is InChI=1S/C26H31NOS.C26H33NS.C18H19N.C8H13ClOS.In.3H/c1-18-7-5-8-19-13-15-26(24(18)19)16-14-20-9-6-12-22(25(20)26)27-23(28)17-29-21-10-3-2-4-11-21;1-19-7-5-8-20-13-15-26(24(19)20)16-14-21-9-6-12-23(25(21)26)27-17-18-28-22-10-3-2-4-11-22;1-12-4-2-5-13-8-10-18(16(12)13)11-9-14-6-3-7-15(19)17(14)18;9-8(10)6-11-7-4-2-1-3-5-7;;;;/h5-9,12,21H,2-4,10-11,13-17H2,1H3,(H,27,28);5-9,12,22,27H,2-4,10-11,13-18H2,1H3;2-7H,8-11,19H2,1H3;7H,1-6H2;;;;/t2*26-;18-;;;;;/m111...../s1. The van der Waals surface area contributed by atoms with Crippen LogP contribution in [0.15, 0.2) is 109 Å².